The van der Waals surface area contributed by atoms with Crippen LogP contribution in [-0.2, 0) is 11.3 Å². The van der Waals surface area contributed by atoms with Crippen molar-refractivity contribution in [1.82, 2.24) is 15.3 Å². The minimum atomic E-state index is -0.310. The van der Waals surface area contributed by atoms with Gasteiger partial charge in [0.05, 0.1) is 18.4 Å². The van der Waals surface area contributed by atoms with Crippen LogP contribution in [0.3, 0.4) is 0 Å². The van der Waals surface area contributed by atoms with Crippen molar-refractivity contribution in [3.63, 3.8) is 0 Å². The standard InChI is InChI=1S/C7H8N3O/c1-6(11)10-5-7-4-8-2-3-9-7/h2-4H,1,5H2,(H,10,11). The molecule has 0 atom stereocenters. The highest BCUT2D eigenvalue weighted by atomic mass is 16.1. The molecule has 1 rings (SSSR count). The van der Waals surface area contributed by atoms with Gasteiger partial charge in [-0.25, -0.2) is 0 Å². The third kappa shape index (κ3) is 2.75. The number of rotatable bonds is 2. The fraction of sp³-hybridized carbons (Fsp3) is 0.143. The molecular formula is C7H8N3O. The molecule has 0 aliphatic carbocycles. The maximum absolute atomic E-state index is 10.3. The Hall–Kier alpha value is -1.45. The maximum Gasteiger partial charge on any atom is 0.220 e. The normalized spacial score (nSPS) is 9.18. The Kier molecular flexibility index (Phi) is 2.54. The van der Waals surface area contributed by atoms with Gasteiger partial charge in [0.1, 0.15) is 0 Å². The molecule has 0 saturated carbocycles. The van der Waals surface area contributed by atoms with Gasteiger partial charge in [-0.2, -0.15) is 0 Å². The van der Waals surface area contributed by atoms with Gasteiger partial charge in [0, 0.05) is 19.3 Å². The summed E-state index contributed by atoms with van der Waals surface area (Å²) in [5, 5.41) is 2.51. The topological polar surface area (TPSA) is 54.9 Å². The number of aromatic nitrogens is 2. The smallest absolute Gasteiger partial charge is 0.220 e. The highest BCUT2D eigenvalue weighted by molar-refractivity contribution is 5.79. The molecule has 1 amide bonds. The molecule has 0 aliphatic heterocycles. The van der Waals surface area contributed by atoms with Crippen LogP contribution in [0.25, 0.3) is 0 Å². The van der Waals surface area contributed by atoms with Gasteiger partial charge in [0.2, 0.25) is 5.91 Å². The Morgan fingerprint density at radius 2 is 2.45 bits per heavy atom. The second-order valence-corrected chi connectivity index (χ2v) is 1.97. The molecule has 1 radical (unpaired) electrons. The van der Waals surface area contributed by atoms with Gasteiger partial charge in [-0.15, -0.1) is 0 Å². The van der Waals surface area contributed by atoms with E-state index in [0.29, 0.717) is 6.54 Å². The highest BCUT2D eigenvalue weighted by Gasteiger charge is 1.93. The van der Waals surface area contributed by atoms with Crippen molar-refractivity contribution < 1.29 is 4.79 Å². The summed E-state index contributed by atoms with van der Waals surface area (Å²) < 4.78 is 0. The lowest BCUT2D eigenvalue weighted by atomic mass is 10.4. The van der Waals surface area contributed by atoms with Crippen LogP contribution in [0.5, 0.6) is 0 Å². The summed E-state index contributed by atoms with van der Waals surface area (Å²) in [6, 6.07) is 0. The monoisotopic (exact) mass is 150 g/mol. The summed E-state index contributed by atoms with van der Waals surface area (Å²) in [5.41, 5.74) is 0.726. The van der Waals surface area contributed by atoms with E-state index in [4.69, 9.17) is 0 Å². The van der Waals surface area contributed by atoms with Crippen molar-refractivity contribution in [1.29, 1.82) is 0 Å². The van der Waals surface area contributed by atoms with Crippen molar-refractivity contribution in [3.05, 3.63) is 31.2 Å². The molecule has 11 heavy (non-hydrogen) atoms. The average molecular weight is 150 g/mol. The van der Waals surface area contributed by atoms with Gasteiger partial charge in [-0.05, 0) is 0 Å². The van der Waals surface area contributed by atoms with E-state index < -0.39 is 0 Å². The van der Waals surface area contributed by atoms with E-state index in [2.05, 4.69) is 22.2 Å². The number of hydrogen-bond donors (Lipinski definition) is 1. The molecule has 1 aromatic rings. The molecule has 1 aromatic heterocycles. The van der Waals surface area contributed by atoms with Crippen molar-refractivity contribution in [2.24, 2.45) is 0 Å². The van der Waals surface area contributed by atoms with E-state index in [0.717, 1.165) is 5.69 Å². The molecule has 1 heterocycles. The summed E-state index contributed by atoms with van der Waals surface area (Å²) >= 11 is 0. The average Bonchev–Trinajstić information content (AvgIpc) is 2.03. The van der Waals surface area contributed by atoms with E-state index in [-0.39, 0.29) is 5.91 Å². The van der Waals surface area contributed by atoms with Gasteiger partial charge < -0.3 is 5.32 Å². The summed E-state index contributed by atoms with van der Waals surface area (Å²) in [5.74, 6) is -0.310. The van der Waals surface area contributed by atoms with Crippen LogP contribution in [0.4, 0.5) is 0 Å². The number of nitrogens with zero attached hydrogens (tertiary/aromatic N) is 2. The lowest BCUT2D eigenvalue weighted by molar-refractivity contribution is -0.116. The summed E-state index contributed by atoms with van der Waals surface area (Å²) in [7, 11) is 0. The molecular weight excluding hydrogens is 142 g/mol. The number of carbonyl (C=O) groups excluding carboxylic acids is 1. The molecule has 0 saturated heterocycles. The van der Waals surface area contributed by atoms with Gasteiger partial charge in [0.15, 0.2) is 0 Å². The van der Waals surface area contributed by atoms with Crippen molar-refractivity contribution >= 4 is 5.91 Å². The van der Waals surface area contributed by atoms with Crippen molar-refractivity contribution in [2.45, 2.75) is 6.54 Å². The Labute approximate surface area is 64.7 Å². The Balaban J connectivity index is 2.45. The maximum atomic E-state index is 10.3. The SMILES string of the molecule is [CH2]C(=O)NCc1cnccn1. The van der Waals surface area contributed by atoms with E-state index in [1.807, 2.05) is 0 Å². The van der Waals surface area contributed by atoms with Gasteiger partial charge in [-0.3, -0.25) is 14.8 Å². The lowest BCUT2D eigenvalue weighted by Gasteiger charge is -1.98. The summed E-state index contributed by atoms with van der Waals surface area (Å²) in [6.45, 7) is 3.54. The predicted molar refractivity (Wildman–Crippen MR) is 39.2 cm³/mol. The van der Waals surface area contributed by atoms with Crippen molar-refractivity contribution in [3.8, 4) is 0 Å². The van der Waals surface area contributed by atoms with Crippen LogP contribution in [0, 0.1) is 6.92 Å². The second kappa shape index (κ2) is 3.65. The van der Waals surface area contributed by atoms with Crippen LogP contribution in [0.15, 0.2) is 18.6 Å². The molecule has 0 spiro atoms. The first-order chi connectivity index (χ1) is 5.29. The molecule has 0 unspecified atom stereocenters. The molecule has 0 aliphatic rings. The van der Waals surface area contributed by atoms with Gasteiger partial charge in [-0.1, -0.05) is 0 Å². The van der Waals surface area contributed by atoms with Crippen LogP contribution < -0.4 is 5.32 Å². The number of hydrogen-bond acceptors (Lipinski definition) is 3. The highest BCUT2D eigenvalue weighted by Crippen LogP contribution is 1.87. The molecule has 0 aromatic carbocycles. The largest absolute Gasteiger partial charge is 0.350 e. The fourth-order valence-corrected chi connectivity index (χ4v) is 0.610. The van der Waals surface area contributed by atoms with Gasteiger partial charge in [0.25, 0.3) is 0 Å². The third-order valence-electron chi connectivity index (χ3n) is 1.08. The van der Waals surface area contributed by atoms with Crippen LogP contribution >= 0.6 is 0 Å². The van der Waals surface area contributed by atoms with Gasteiger partial charge >= 0.3 is 0 Å². The van der Waals surface area contributed by atoms with E-state index in [9.17, 15) is 4.79 Å². The zero-order valence-corrected chi connectivity index (χ0v) is 5.95. The van der Waals surface area contributed by atoms with Crippen molar-refractivity contribution in [2.75, 3.05) is 0 Å². The first-order valence-corrected chi connectivity index (χ1v) is 3.13. The molecule has 0 fully saturated rings. The van der Waals surface area contributed by atoms with Crippen LogP contribution in [0.1, 0.15) is 5.69 Å². The summed E-state index contributed by atoms with van der Waals surface area (Å²) in [4.78, 5) is 18.1. The van der Waals surface area contributed by atoms with Crippen LogP contribution in [0.2, 0.25) is 0 Å². The molecule has 57 valence electrons. The molecule has 0 bridgehead atoms. The van der Waals surface area contributed by atoms with E-state index >= 15 is 0 Å². The summed E-state index contributed by atoms with van der Waals surface area (Å²) in [6.07, 6.45) is 4.75. The predicted octanol–water partition coefficient (Wildman–Crippen LogP) is -0.0731. The number of nitrogens with one attached hydrogen (secondary N) is 1. The Bertz CT molecular complexity index is 235. The first kappa shape index (κ1) is 7.65. The molecule has 4 heteroatoms. The lowest BCUT2D eigenvalue weighted by Crippen LogP contribution is -2.19. The van der Waals surface area contributed by atoms with E-state index in [1.165, 1.54) is 0 Å². The third-order valence-corrected chi connectivity index (χ3v) is 1.08. The molecule has 1 N–H and O–H groups in total. The first-order valence-electron chi connectivity index (χ1n) is 3.13. The quantitative estimate of drug-likeness (QED) is 0.641. The number of amides is 1. The second-order valence-electron chi connectivity index (χ2n) is 1.97. The minimum Gasteiger partial charge on any atom is -0.350 e. The van der Waals surface area contributed by atoms with Crippen LogP contribution in [-0.4, -0.2) is 15.9 Å². The Morgan fingerprint density at radius 3 is 3.00 bits per heavy atom. The molecule has 4 nitrogen and oxygen atoms in total. The fourth-order valence-electron chi connectivity index (χ4n) is 0.610. The van der Waals surface area contributed by atoms with E-state index in [1.54, 1.807) is 18.6 Å². The zero-order chi connectivity index (χ0) is 8.10. The number of carbonyl (C=O) groups is 1. The Morgan fingerprint density at radius 1 is 1.64 bits per heavy atom. The minimum absolute atomic E-state index is 0.310. The zero-order valence-electron chi connectivity index (χ0n) is 5.95.